The van der Waals surface area contributed by atoms with E-state index in [9.17, 15) is 0 Å². The van der Waals surface area contributed by atoms with E-state index in [1.54, 1.807) is 7.11 Å². The van der Waals surface area contributed by atoms with Gasteiger partial charge in [0, 0.05) is 24.7 Å². The fraction of sp³-hybridized carbons (Fsp3) is 0.333. The number of nitrogens with zero attached hydrogens (tertiary/aromatic N) is 1. The summed E-state index contributed by atoms with van der Waals surface area (Å²) in [6.45, 7) is 4.07. The number of methoxy groups -OCH3 is 1. The lowest BCUT2D eigenvalue weighted by molar-refractivity contribution is 0.123. The summed E-state index contributed by atoms with van der Waals surface area (Å²) in [6, 6.07) is 14.1. The second-order valence-electron chi connectivity index (χ2n) is 5.46. The fourth-order valence-corrected chi connectivity index (χ4v) is 2.84. The maximum Gasteiger partial charge on any atom is 0.118 e. The van der Waals surface area contributed by atoms with Crippen LogP contribution in [0.1, 0.15) is 5.56 Å². The second kappa shape index (κ2) is 7.57. The molecule has 4 nitrogen and oxygen atoms in total. The summed E-state index contributed by atoms with van der Waals surface area (Å²) in [5, 5.41) is 4.23. The van der Waals surface area contributed by atoms with E-state index in [1.807, 2.05) is 24.3 Å². The Bertz CT molecular complexity index is 640. The first-order valence-electron chi connectivity index (χ1n) is 7.75. The van der Waals surface area contributed by atoms with Gasteiger partial charge in [0.2, 0.25) is 0 Å². The number of hydrogen-bond donors (Lipinski definition) is 1. The minimum atomic E-state index is 0.735. The van der Waals surface area contributed by atoms with E-state index in [0.717, 1.165) is 49.3 Å². The Morgan fingerprint density at radius 2 is 1.87 bits per heavy atom. The largest absolute Gasteiger partial charge is 0.497 e. The standard InChI is InChI=1S/C18H21ClN2O2/c1-22-16-5-2-14(3-6-16)13-20-17-12-15(19)4-7-18(17)21-8-10-23-11-9-21/h2-7,12,20H,8-11,13H2,1H3. The van der Waals surface area contributed by atoms with Gasteiger partial charge in [0.25, 0.3) is 0 Å². The van der Waals surface area contributed by atoms with Crippen LogP contribution in [-0.2, 0) is 11.3 Å². The van der Waals surface area contributed by atoms with Crippen molar-refractivity contribution >= 4 is 23.0 Å². The van der Waals surface area contributed by atoms with E-state index < -0.39 is 0 Å². The molecule has 23 heavy (non-hydrogen) atoms. The average Bonchev–Trinajstić information content (AvgIpc) is 2.61. The Labute approximate surface area is 142 Å². The Hall–Kier alpha value is -1.91. The SMILES string of the molecule is COc1ccc(CNc2cc(Cl)ccc2N2CCOCC2)cc1. The van der Waals surface area contributed by atoms with Gasteiger partial charge in [-0.15, -0.1) is 0 Å². The Balaban J connectivity index is 1.73. The van der Waals surface area contributed by atoms with E-state index in [0.29, 0.717) is 0 Å². The molecule has 0 saturated carbocycles. The lowest BCUT2D eigenvalue weighted by atomic mass is 10.2. The number of morpholine rings is 1. The molecule has 0 aromatic heterocycles. The van der Waals surface area contributed by atoms with Crippen LogP contribution in [0.3, 0.4) is 0 Å². The van der Waals surface area contributed by atoms with Crippen LogP contribution < -0.4 is 15.0 Å². The molecule has 0 unspecified atom stereocenters. The van der Waals surface area contributed by atoms with E-state index in [4.69, 9.17) is 21.1 Å². The third-order valence-corrected chi connectivity index (χ3v) is 4.19. The maximum atomic E-state index is 6.18. The normalized spacial score (nSPS) is 14.6. The molecule has 1 aliphatic rings. The second-order valence-corrected chi connectivity index (χ2v) is 5.90. The number of rotatable bonds is 5. The van der Waals surface area contributed by atoms with E-state index in [-0.39, 0.29) is 0 Å². The Kier molecular flexibility index (Phi) is 5.26. The van der Waals surface area contributed by atoms with Crippen molar-refractivity contribution in [3.8, 4) is 5.75 Å². The first-order chi connectivity index (χ1) is 11.3. The first kappa shape index (κ1) is 16.0. The third-order valence-electron chi connectivity index (χ3n) is 3.95. The van der Waals surface area contributed by atoms with Gasteiger partial charge < -0.3 is 19.7 Å². The molecule has 0 radical (unpaired) electrons. The zero-order valence-corrected chi connectivity index (χ0v) is 14.0. The van der Waals surface area contributed by atoms with Crippen LogP contribution in [-0.4, -0.2) is 33.4 Å². The molecule has 0 bridgehead atoms. The van der Waals surface area contributed by atoms with Gasteiger partial charge in [-0.3, -0.25) is 0 Å². The van der Waals surface area contributed by atoms with Crippen molar-refractivity contribution < 1.29 is 9.47 Å². The molecule has 2 aromatic rings. The van der Waals surface area contributed by atoms with Crippen LogP contribution in [0, 0.1) is 0 Å². The Morgan fingerprint density at radius 1 is 1.13 bits per heavy atom. The number of halogens is 1. The summed E-state index contributed by atoms with van der Waals surface area (Å²) in [7, 11) is 1.67. The van der Waals surface area contributed by atoms with Gasteiger partial charge in [0.1, 0.15) is 5.75 Å². The van der Waals surface area contributed by atoms with E-state index in [1.165, 1.54) is 11.3 Å². The van der Waals surface area contributed by atoms with Crippen LogP contribution in [0.15, 0.2) is 42.5 Å². The predicted molar refractivity (Wildman–Crippen MR) is 94.8 cm³/mol. The molecule has 3 rings (SSSR count). The molecule has 122 valence electrons. The molecule has 0 aliphatic carbocycles. The lowest BCUT2D eigenvalue weighted by Gasteiger charge is -2.30. The zero-order valence-electron chi connectivity index (χ0n) is 13.2. The van der Waals surface area contributed by atoms with Gasteiger partial charge >= 0.3 is 0 Å². The van der Waals surface area contributed by atoms with Gasteiger partial charge in [-0.05, 0) is 35.9 Å². The van der Waals surface area contributed by atoms with Crippen LogP contribution in [0.5, 0.6) is 5.75 Å². The fourth-order valence-electron chi connectivity index (χ4n) is 2.67. The number of nitrogens with one attached hydrogen (secondary N) is 1. The molecule has 2 aromatic carbocycles. The molecule has 1 N–H and O–H groups in total. The third kappa shape index (κ3) is 4.09. The lowest BCUT2D eigenvalue weighted by Crippen LogP contribution is -2.36. The van der Waals surface area contributed by atoms with Crippen molar-refractivity contribution in [2.24, 2.45) is 0 Å². The molecule has 1 aliphatic heterocycles. The van der Waals surface area contributed by atoms with Crippen molar-refractivity contribution in [3.05, 3.63) is 53.1 Å². The highest BCUT2D eigenvalue weighted by Crippen LogP contribution is 2.30. The van der Waals surface area contributed by atoms with Crippen molar-refractivity contribution in [2.45, 2.75) is 6.54 Å². The monoisotopic (exact) mass is 332 g/mol. The maximum absolute atomic E-state index is 6.18. The molecule has 1 saturated heterocycles. The van der Waals surface area contributed by atoms with Gasteiger partial charge in [-0.2, -0.15) is 0 Å². The predicted octanol–water partition coefficient (Wildman–Crippen LogP) is 3.80. The minimum Gasteiger partial charge on any atom is -0.497 e. The summed E-state index contributed by atoms with van der Waals surface area (Å²) in [5.41, 5.74) is 3.42. The summed E-state index contributed by atoms with van der Waals surface area (Å²) in [4.78, 5) is 2.33. The van der Waals surface area contributed by atoms with E-state index in [2.05, 4.69) is 28.4 Å². The smallest absolute Gasteiger partial charge is 0.118 e. The summed E-state index contributed by atoms with van der Waals surface area (Å²) < 4.78 is 10.6. The minimum absolute atomic E-state index is 0.735. The highest BCUT2D eigenvalue weighted by atomic mass is 35.5. The molecular formula is C18H21ClN2O2. The number of benzene rings is 2. The quantitative estimate of drug-likeness (QED) is 0.903. The van der Waals surface area contributed by atoms with Crippen molar-refractivity contribution in [1.82, 2.24) is 0 Å². The molecule has 1 heterocycles. The number of ether oxygens (including phenoxy) is 2. The van der Waals surface area contributed by atoms with Gasteiger partial charge in [0.15, 0.2) is 0 Å². The van der Waals surface area contributed by atoms with E-state index >= 15 is 0 Å². The van der Waals surface area contributed by atoms with Crippen LogP contribution in [0.4, 0.5) is 11.4 Å². The zero-order chi connectivity index (χ0) is 16.1. The highest BCUT2D eigenvalue weighted by molar-refractivity contribution is 6.31. The molecule has 5 heteroatoms. The molecule has 1 fully saturated rings. The van der Waals surface area contributed by atoms with Crippen molar-refractivity contribution in [1.29, 1.82) is 0 Å². The van der Waals surface area contributed by atoms with Crippen LogP contribution in [0.2, 0.25) is 5.02 Å². The molecule has 0 amide bonds. The summed E-state index contributed by atoms with van der Waals surface area (Å²) in [6.07, 6.45) is 0. The highest BCUT2D eigenvalue weighted by Gasteiger charge is 2.15. The average molecular weight is 333 g/mol. The van der Waals surface area contributed by atoms with Gasteiger partial charge in [-0.25, -0.2) is 0 Å². The molecular weight excluding hydrogens is 312 g/mol. The van der Waals surface area contributed by atoms with Gasteiger partial charge in [0.05, 0.1) is 31.7 Å². The molecule has 0 spiro atoms. The first-order valence-corrected chi connectivity index (χ1v) is 8.13. The summed E-state index contributed by atoms with van der Waals surface area (Å²) >= 11 is 6.18. The van der Waals surface area contributed by atoms with Crippen molar-refractivity contribution in [3.63, 3.8) is 0 Å². The number of hydrogen-bond acceptors (Lipinski definition) is 4. The van der Waals surface area contributed by atoms with Crippen molar-refractivity contribution in [2.75, 3.05) is 43.6 Å². The van der Waals surface area contributed by atoms with Crippen LogP contribution >= 0.6 is 11.6 Å². The van der Waals surface area contributed by atoms with Gasteiger partial charge in [-0.1, -0.05) is 23.7 Å². The molecule has 0 atom stereocenters. The topological polar surface area (TPSA) is 33.7 Å². The summed E-state index contributed by atoms with van der Waals surface area (Å²) in [5.74, 6) is 0.866. The van der Waals surface area contributed by atoms with Crippen LogP contribution in [0.25, 0.3) is 0 Å². The Morgan fingerprint density at radius 3 is 2.57 bits per heavy atom. The number of anilines is 2.